The predicted octanol–water partition coefficient (Wildman–Crippen LogP) is 4.48. The van der Waals surface area contributed by atoms with Crippen LogP contribution in [-0.2, 0) is 20.2 Å². The van der Waals surface area contributed by atoms with Gasteiger partial charge in [0, 0.05) is 73.1 Å². The average molecular weight is 633 g/mol. The molecule has 2 aromatic heterocycles. The van der Waals surface area contributed by atoms with E-state index in [0.717, 1.165) is 11.8 Å². The number of pyridine rings is 2. The average Bonchev–Trinajstić information content (AvgIpc) is 3.20. The third kappa shape index (κ3) is 5.73. The van der Waals surface area contributed by atoms with Crippen molar-refractivity contribution in [1.29, 1.82) is 0 Å². The number of anilines is 2. The van der Waals surface area contributed by atoms with E-state index < -0.39 is 21.3 Å². The molecule has 2 aromatic carbocycles. The second-order valence-corrected chi connectivity index (χ2v) is 14.0. The van der Waals surface area contributed by atoms with Crippen LogP contribution in [0.2, 0.25) is 0 Å². The maximum absolute atomic E-state index is 15.7. The summed E-state index contributed by atoms with van der Waals surface area (Å²) >= 11 is 0. The minimum Gasteiger partial charge on any atom is -0.475 e. The zero-order valence-corrected chi connectivity index (χ0v) is 26.8. The maximum Gasteiger partial charge on any atom is 0.240 e. The molecule has 1 saturated heterocycles. The van der Waals surface area contributed by atoms with Crippen molar-refractivity contribution in [2.45, 2.75) is 38.3 Å². The molecule has 1 spiro atoms. The van der Waals surface area contributed by atoms with E-state index in [0.29, 0.717) is 41.8 Å². The van der Waals surface area contributed by atoms with Gasteiger partial charge in [0.15, 0.2) is 0 Å². The number of nitrogens with one attached hydrogen (secondary N) is 2. The summed E-state index contributed by atoms with van der Waals surface area (Å²) < 4.78 is 48.3. The highest BCUT2D eigenvalue weighted by atomic mass is 32.2. The minimum atomic E-state index is -3.69. The highest BCUT2D eigenvalue weighted by Crippen LogP contribution is 2.51. The Bertz CT molecular complexity index is 1880. The summed E-state index contributed by atoms with van der Waals surface area (Å²) in [5.74, 6) is -0.466. The van der Waals surface area contributed by atoms with Crippen molar-refractivity contribution in [3.8, 4) is 17.0 Å². The highest BCUT2D eigenvalue weighted by Gasteiger charge is 2.59. The van der Waals surface area contributed by atoms with E-state index in [1.807, 2.05) is 32.0 Å². The number of halogens is 1. The first-order valence-corrected chi connectivity index (χ1v) is 16.8. The Balaban J connectivity index is 1.39. The SMILES string of the molecule is CC(C)NCCOc1ncc(-c2cc3c4c(cnc3cc2F)N(C)C(=O)C42CN([C@@H](C)c3ccccc3)C2)cc1NS(C)(=O)=O. The van der Waals surface area contributed by atoms with E-state index in [9.17, 15) is 13.2 Å². The molecule has 2 aliphatic heterocycles. The van der Waals surface area contributed by atoms with Gasteiger partial charge in [-0.05, 0) is 24.6 Å². The molecule has 45 heavy (non-hydrogen) atoms. The fraction of sp³-hybridized carbons (Fsp3) is 0.364. The fourth-order valence-electron chi connectivity index (χ4n) is 6.36. The van der Waals surface area contributed by atoms with Gasteiger partial charge in [0.25, 0.3) is 0 Å². The molecule has 1 atom stereocenters. The van der Waals surface area contributed by atoms with Gasteiger partial charge in [-0.1, -0.05) is 44.2 Å². The number of nitrogens with zero attached hydrogens (tertiary/aromatic N) is 4. The van der Waals surface area contributed by atoms with Crippen LogP contribution in [0.15, 0.2) is 60.9 Å². The maximum atomic E-state index is 15.7. The molecule has 6 rings (SSSR count). The molecule has 4 heterocycles. The first-order valence-electron chi connectivity index (χ1n) is 14.9. The Morgan fingerprint density at radius 3 is 2.49 bits per heavy atom. The van der Waals surface area contributed by atoms with Crippen molar-refractivity contribution < 1.29 is 22.3 Å². The number of hydrogen-bond acceptors (Lipinski definition) is 8. The largest absolute Gasteiger partial charge is 0.475 e. The van der Waals surface area contributed by atoms with Crippen LogP contribution in [0.3, 0.4) is 0 Å². The molecule has 1 amide bonds. The van der Waals surface area contributed by atoms with E-state index in [2.05, 4.69) is 44.0 Å². The normalized spacial score (nSPS) is 16.7. The molecule has 0 radical (unpaired) electrons. The van der Waals surface area contributed by atoms with Gasteiger partial charge in [0.05, 0.1) is 23.7 Å². The van der Waals surface area contributed by atoms with Crippen molar-refractivity contribution in [1.82, 2.24) is 20.2 Å². The Morgan fingerprint density at radius 2 is 1.80 bits per heavy atom. The quantitative estimate of drug-likeness (QED) is 0.246. The summed E-state index contributed by atoms with van der Waals surface area (Å²) in [5.41, 5.74) is 3.02. The number of ether oxygens (including phenoxy) is 1. The first-order chi connectivity index (χ1) is 21.4. The number of likely N-dealkylation sites (N-methyl/N-ethyl adjacent to an activating group) is 1. The highest BCUT2D eigenvalue weighted by molar-refractivity contribution is 7.92. The molecular formula is C33H37FN6O4S. The van der Waals surface area contributed by atoms with Crippen LogP contribution in [0.25, 0.3) is 22.0 Å². The monoisotopic (exact) mass is 632 g/mol. The van der Waals surface area contributed by atoms with Crippen LogP contribution in [0.1, 0.15) is 37.9 Å². The molecule has 0 unspecified atom stereocenters. The summed E-state index contributed by atoms with van der Waals surface area (Å²) in [6, 6.07) is 15.1. The number of carbonyl (C=O) groups is 1. The van der Waals surface area contributed by atoms with Gasteiger partial charge in [0.1, 0.15) is 23.5 Å². The van der Waals surface area contributed by atoms with Gasteiger partial charge in [0.2, 0.25) is 21.8 Å². The molecule has 0 saturated carbocycles. The van der Waals surface area contributed by atoms with Crippen LogP contribution in [0.4, 0.5) is 15.8 Å². The lowest BCUT2D eigenvalue weighted by Crippen LogP contribution is -2.63. The van der Waals surface area contributed by atoms with Gasteiger partial charge in [-0.2, -0.15) is 0 Å². The number of fused-ring (bicyclic) bond motifs is 4. The van der Waals surface area contributed by atoms with Gasteiger partial charge >= 0.3 is 0 Å². The zero-order valence-electron chi connectivity index (χ0n) is 26.0. The van der Waals surface area contributed by atoms with Crippen LogP contribution < -0.4 is 19.7 Å². The Morgan fingerprint density at radius 1 is 1.07 bits per heavy atom. The fourth-order valence-corrected chi connectivity index (χ4v) is 6.90. The number of sulfonamides is 1. The van der Waals surface area contributed by atoms with Gasteiger partial charge < -0.3 is 15.0 Å². The summed E-state index contributed by atoms with van der Waals surface area (Å²) in [6.07, 6.45) is 4.13. The molecule has 10 nitrogen and oxygen atoms in total. The molecule has 0 bridgehead atoms. The van der Waals surface area contributed by atoms with E-state index in [1.54, 1.807) is 24.2 Å². The number of amides is 1. The van der Waals surface area contributed by atoms with E-state index in [-0.39, 0.29) is 41.7 Å². The molecule has 236 valence electrons. The topological polar surface area (TPSA) is 117 Å². The number of rotatable bonds is 10. The predicted molar refractivity (Wildman–Crippen MR) is 174 cm³/mol. The second-order valence-electron chi connectivity index (χ2n) is 12.2. The van der Waals surface area contributed by atoms with Crippen molar-refractivity contribution in [2.75, 3.05) is 49.2 Å². The molecule has 2 N–H and O–H groups in total. The van der Waals surface area contributed by atoms with Crippen molar-refractivity contribution in [3.05, 3.63) is 77.9 Å². The third-order valence-corrected chi connectivity index (χ3v) is 9.21. The number of aromatic nitrogens is 2. The standard InChI is InChI=1S/C33H37FN6O4S/c1-20(2)35-11-12-44-31-28(38-45(5,42)43)13-23(16-37-31)24-14-25-27(15-26(24)34)36-17-29-30(25)33(32(41)39(29)4)18-40(19-33)21(3)22-9-7-6-8-10-22/h6-10,13-17,20-21,35,38H,11-12,18-19H2,1-5H3/t21-/m0/s1. The molecule has 2 aliphatic rings. The Labute approximate surface area is 262 Å². The lowest BCUT2D eigenvalue weighted by molar-refractivity contribution is -0.130. The van der Waals surface area contributed by atoms with Crippen molar-refractivity contribution >= 4 is 38.2 Å². The second kappa shape index (κ2) is 11.7. The van der Waals surface area contributed by atoms with E-state index in [4.69, 9.17) is 4.74 Å². The third-order valence-electron chi connectivity index (χ3n) is 8.62. The number of carbonyl (C=O) groups excluding carboxylic acids is 1. The summed E-state index contributed by atoms with van der Waals surface area (Å²) in [5, 5.41) is 3.90. The van der Waals surface area contributed by atoms with Gasteiger partial charge in [-0.15, -0.1) is 0 Å². The van der Waals surface area contributed by atoms with Crippen LogP contribution >= 0.6 is 0 Å². The zero-order chi connectivity index (χ0) is 32.1. The van der Waals surface area contributed by atoms with E-state index >= 15 is 4.39 Å². The van der Waals surface area contributed by atoms with Gasteiger partial charge in [-0.25, -0.2) is 17.8 Å². The molecular weight excluding hydrogens is 595 g/mol. The Hall–Kier alpha value is -4.13. The van der Waals surface area contributed by atoms with Crippen LogP contribution in [0.5, 0.6) is 5.88 Å². The molecule has 1 fully saturated rings. The molecule has 4 aromatic rings. The smallest absolute Gasteiger partial charge is 0.240 e. The number of benzene rings is 2. The Kier molecular flexibility index (Phi) is 8.00. The lowest BCUT2D eigenvalue weighted by atomic mass is 9.72. The number of likely N-dealkylation sites (tertiary alicyclic amines) is 1. The first kappa shape index (κ1) is 30.9. The van der Waals surface area contributed by atoms with Gasteiger partial charge in [-0.3, -0.25) is 19.4 Å². The molecule has 0 aliphatic carbocycles. The summed E-state index contributed by atoms with van der Waals surface area (Å²) in [7, 11) is -1.94. The van der Waals surface area contributed by atoms with Crippen molar-refractivity contribution in [2.24, 2.45) is 0 Å². The summed E-state index contributed by atoms with van der Waals surface area (Å²) in [4.78, 5) is 26.6. The summed E-state index contributed by atoms with van der Waals surface area (Å²) in [6.45, 7) is 7.98. The lowest BCUT2D eigenvalue weighted by Gasteiger charge is -2.50. The van der Waals surface area contributed by atoms with E-state index in [1.165, 1.54) is 23.9 Å². The minimum absolute atomic E-state index is 0.0102. The van der Waals surface area contributed by atoms with Crippen molar-refractivity contribution in [3.63, 3.8) is 0 Å². The van der Waals surface area contributed by atoms with Crippen LogP contribution in [-0.4, -0.2) is 74.8 Å². The van der Waals surface area contributed by atoms with Crippen LogP contribution in [0, 0.1) is 5.82 Å². The number of hydrogen-bond donors (Lipinski definition) is 2. The molecule has 12 heteroatoms.